The molecule has 0 N–H and O–H groups in total. The molecular weight excluding hydrogens is 685 g/mol. The first kappa shape index (κ1) is 54.0. The fourth-order valence-corrected chi connectivity index (χ4v) is 3.60. The number of aryl methyl sites for hydroxylation is 3. The predicted molar refractivity (Wildman–Crippen MR) is 254 cm³/mol. The van der Waals surface area contributed by atoms with Crippen molar-refractivity contribution in [2.75, 3.05) is 0 Å². The van der Waals surface area contributed by atoms with Crippen LogP contribution in [0.4, 0.5) is 0 Å². The molecule has 6 rings (SSSR count). The molecule has 0 radical (unpaired) electrons. The third kappa shape index (κ3) is 43.0. The van der Waals surface area contributed by atoms with Crippen LogP contribution in [0.1, 0.15) is 74.9 Å². The molecule has 0 heteroatoms. The molecule has 0 saturated heterocycles. The highest BCUT2D eigenvalue weighted by Gasteiger charge is 1.79. The first-order chi connectivity index (χ1) is 27.7. The van der Waals surface area contributed by atoms with E-state index in [0.29, 0.717) is 0 Å². The van der Waals surface area contributed by atoms with Crippen molar-refractivity contribution in [1.29, 1.82) is 0 Å². The molecule has 288 valence electrons. The molecule has 0 amide bonds. The third-order valence-corrected chi connectivity index (χ3v) is 5.95. The van der Waals surface area contributed by atoms with Gasteiger partial charge >= 0.3 is 0 Å². The van der Waals surface area contributed by atoms with Gasteiger partial charge in [-0.25, -0.2) is 0 Å². The van der Waals surface area contributed by atoms with Gasteiger partial charge in [-0.3, -0.25) is 0 Å². The summed E-state index contributed by atoms with van der Waals surface area (Å²) in [5.74, 6) is 24.1. The van der Waals surface area contributed by atoms with Crippen LogP contribution in [0.25, 0.3) is 0 Å². The van der Waals surface area contributed by atoms with Crippen LogP contribution in [0, 0.1) is 93.3 Å². The van der Waals surface area contributed by atoms with Crippen molar-refractivity contribution in [3.63, 3.8) is 0 Å². The zero-order chi connectivity index (χ0) is 43.0. The molecule has 0 aromatic heterocycles. The molecule has 0 atom stereocenters. The van der Waals surface area contributed by atoms with Crippen molar-refractivity contribution in [3.8, 4) is 72.6 Å². The zero-order valence-electron chi connectivity index (χ0n) is 35.6. The molecule has 6 aromatic rings. The Balaban J connectivity index is -0.000000591. The van der Waals surface area contributed by atoms with Crippen LogP contribution in [0.15, 0.2) is 182 Å². The molecule has 0 aliphatic carbocycles. The van der Waals surface area contributed by atoms with Crippen LogP contribution in [0.3, 0.4) is 0 Å². The third-order valence-electron chi connectivity index (χ3n) is 5.95. The molecule has 0 saturated carbocycles. The number of benzene rings is 6. The van der Waals surface area contributed by atoms with Gasteiger partial charge in [0, 0.05) is 16.7 Å². The lowest BCUT2D eigenvalue weighted by Gasteiger charge is -1.83. The minimum atomic E-state index is 1.08. The fraction of sp³-hybridized carbons (Fsp3) is 0.158. The van der Waals surface area contributed by atoms with Crippen molar-refractivity contribution in [2.45, 2.75) is 62.3 Å². The monoisotopic (exact) mass is 744 g/mol. The normalized spacial score (nSPS) is 7.26. The van der Waals surface area contributed by atoms with Gasteiger partial charge in [-0.1, -0.05) is 180 Å². The Kier molecular flexibility index (Phi) is 42.5. The summed E-state index contributed by atoms with van der Waals surface area (Å²) in [5, 5.41) is 0. The second-order valence-corrected chi connectivity index (χ2v) is 11.1. The quantitative estimate of drug-likeness (QED) is 0.136. The molecule has 0 heterocycles. The van der Waals surface area contributed by atoms with Gasteiger partial charge in [-0.15, -0.1) is 54.8 Å². The number of hydrogen-bond acceptors (Lipinski definition) is 0. The van der Waals surface area contributed by atoms with Crippen LogP contribution in [-0.4, -0.2) is 0 Å². The van der Waals surface area contributed by atoms with E-state index >= 15 is 0 Å². The van der Waals surface area contributed by atoms with Gasteiger partial charge in [0.2, 0.25) is 0 Å². The standard InChI is InChI=1S/3C9H8.3C7H8.3C3H4/c3*1-2-6-9-7-4-3-5-8-9;3*1-7-5-3-2-4-6-7;3*1-3-2/h3*3-5,7-8H,1H3;3*2-6H,1H3;3*1H,2H3. The molecule has 0 unspecified atom stereocenters. The summed E-state index contributed by atoms with van der Waals surface area (Å²) >= 11 is 0. The maximum Gasteiger partial charge on any atom is 0.0245 e. The summed E-state index contributed by atoms with van der Waals surface area (Å²) < 4.78 is 0. The highest BCUT2D eigenvalue weighted by atomic mass is 13.8. The van der Waals surface area contributed by atoms with E-state index in [2.05, 4.69) is 130 Å². The fourth-order valence-electron chi connectivity index (χ4n) is 3.60. The van der Waals surface area contributed by atoms with Crippen molar-refractivity contribution in [3.05, 3.63) is 215 Å². The van der Waals surface area contributed by atoms with Crippen LogP contribution in [0.2, 0.25) is 0 Å². The van der Waals surface area contributed by atoms with E-state index in [4.69, 9.17) is 0 Å². The average molecular weight is 745 g/mol. The van der Waals surface area contributed by atoms with Gasteiger partial charge < -0.3 is 0 Å². The van der Waals surface area contributed by atoms with E-state index < -0.39 is 0 Å². The summed E-state index contributed by atoms with van der Waals surface area (Å²) in [4.78, 5) is 0. The predicted octanol–water partition coefficient (Wildman–Crippen LogP) is 14.1. The Labute approximate surface area is 348 Å². The zero-order valence-corrected chi connectivity index (χ0v) is 35.6. The Morgan fingerprint density at radius 2 is 0.404 bits per heavy atom. The first-order valence-corrected chi connectivity index (χ1v) is 18.3. The summed E-state index contributed by atoms with van der Waals surface area (Å²) in [5.41, 5.74) is 7.22. The maximum atomic E-state index is 4.60. The van der Waals surface area contributed by atoms with Crippen LogP contribution < -0.4 is 0 Å². The number of rotatable bonds is 0. The van der Waals surface area contributed by atoms with Crippen molar-refractivity contribution in [1.82, 2.24) is 0 Å². The van der Waals surface area contributed by atoms with Crippen LogP contribution >= 0.6 is 0 Å². The second-order valence-electron chi connectivity index (χ2n) is 11.1. The second kappa shape index (κ2) is 44.8. The molecular formula is C57H60. The minimum absolute atomic E-state index is 1.08. The van der Waals surface area contributed by atoms with Crippen molar-refractivity contribution in [2.24, 2.45) is 0 Å². The van der Waals surface area contributed by atoms with E-state index in [0.717, 1.165) is 16.7 Å². The Bertz CT molecular complexity index is 1810. The summed E-state index contributed by atoms with van der Waals surface area (Å²) in [6, 6.07) is 60.6. The SMILES string of the molecule is C#CC.C#CC.C#CC.CC#Cc1ccccc1.CC#Cc1ccccc1.CC#Cc1ccccc1.Cc1ccccc1.Cc1ccccc1.Cc1ccccc1. The van der Waals surface area contributed by atoms with Crippen molar-refractivity contribution >= 4 is 0 Å². The summed E-state index contributed by atoms with van der Waals surface area (Å²) in [6.07, 6.45) is 13.8. The number of terminal acetylenes is 3. The molecule has 0 aliphatic heterocycles. The lowest BCUT2D eigenvalue weighted by atomic mass is 10.2. The van der Waals surface area contributed by atoms with E-state index in [1.165, 1.54) is 16.7 Å². The number of hydrogen-bond donors (Lipinski definition) is 0. The molecule has 6 aromatic carbocycles. The molecule has 0 spiro atoms. The largest absolute Gasteiger partial charge is 0.120 e. The van der Waals surface area contributed by atoms with E-state index in [-0.39, 0.29) is 0 Å². The molecule has 0 bridgehead atoms. The highest BCUT2D eigenvalue weighted by molar-refractivity contribution is 5.34. The minimum Gasteiger partial charge on any atom is -0.120 e. The summed E-state index contributed by atoms with van der Waals surface area (Å²) in [7, 11) is 0. The Morgan fingerprint density at radius 1 is 0.263 bits per heavy atom. The smallest absolute Gasteiger partial charge is 0.0245 e. The van der Waals surface area contributed by atoms with Gasteiger partial charge in [-0.05, 0) is 98.7 Å². The van der Waals surface area contributed by atoms with E-state index in [1.807, 2.05) is 166 Å². The molecule has 0 fully saturated rings. The maximum absolute atomic E-state index is 4.60. The van der Waals surface area contributed by atoms with Gasteiger partial charge in [0.1, 0.15) is 0 Å². The van der Waals surface area contributed by atoms with Gasteiger partial charge in [-0.2, -0.15) is 0 Å². The first-order valence-electron chi connectivity index (χ1n) is 18.3. The Hall–Kier alpha value is -7.32. The van der Waals surface area contributed by atoms with Crippen LogP contribution in [0.5, 0.6) is 0 Å². The lowest BCUT2D eigenvalue weighted by Crippen LogP contribution is -1.67. The van der Waals surface area contributed by atoms with E-state index in [1.54, 1.807) is 20.8 Å². The average Bonchev–Trinajstić information content (AvgIpc) is 3.23. The highest BCUT2D eigenvalue weighted by Crippen LogP contribution is 1.96. The molecule has 0 nitrogen and oxygen atoms in total. The van der Waals surface area contributed by atoms with Gasteiger partial charge in [0.15, 0.2) is 0 Å². The van der Waals surface area contributed by atoms with Crippen molar-refractivity contribution < 1.29 is 0 Å². The van der Waals surface area contributed by atoms with Gasteiger partial charge in [0.25, 0.3) is 0 Å². The molecule has 0 aliphatic rings. The summed E-state index contributed by atoms with van der Waals surface area (Å²) in [6.45, 7) is 16.7. The Morgan fingerprint density at radius 3 is 0.509 bits per heavy atom. The van der Waals surface area contributed by atoms with E-state index in [9.17, 15) is 0 Å². The van der Waals surface area contributed by atoms with Crippen LogP contribution in [-0.2, 0) is 0 Å². The molecule has 57 heavy (non-hydrogen) atoms. The van der Waals surface area contributed by atoms with Gasteiger partial charge in [0.05, 0.1) is 0 Å². The topological polar surface area (TPSA) is 0 Å². The lowest BCUT2D eigenvalue weighted by molar-refractivity contribution is 1.48.